The standard InChI is InChI=1S/C38H45F3O2/c1-34(2,3)23-14-13-22-17-25(36(7,8)9)20-29(27(22)18-23)32-26-16-15-24(35(4,5)6)19-28(26)31(21-30(32)37(10,11)12)43-33(42)38(39,40)41/h13-21H,1-12H3. The van der Waals surface area contributed by atoms with Crippen LogP contribution in [0, 0.1) is 0 Å². The fraction of sp³-hybridized carbons (Fsp3) is 0.447. The molecule has 0 heterocycles. The van der Waals surface area contributed by atoms with Gasteiger partial charge in [0, 0.05) is 5.39 Å². The quantitative estimate of drug-likeness (QED) is 0.171. The zero-order valence-corrected chi connectivity index (χ0v) is 27.6. The van der Waals surface area contributed by atoms with E-state index in [9.17, 15) is 18.0 Å². The van der Waals surface area contributed by atoms with E-state index >= 15 is 0 Å². The van der Waals surface area contributed by atoms with Crippen LogP contribution in [0.2, 0.25) is 0 Å². The van der Waals surface area contributed by atoms with E-state index in [0.29, 0.717) is 5.39 Å². The number of fused-ring (bicyclic) bond motifs is 2. The Kier molecular flexibility index (Phi) is 7.87. The Labute approximate surface area is 254 Å². The van der Waals surface area contributed by atoms with Crippen LogP contribution < -0.4 is 4.74 Å². The Bertz CT molecular complexity index is 1710. The molecule has 0 bridgehead atoms. The molecule has 0 aliphatic carbocycles. The Morgan fingerprint density at radius 1 is 0.558 bits per heavy atom. The molecule has 230 valence electrons. The largest absolute Gasteiger partial charge is 0.491 e. The SMILES string of the molecule is CC(C)(C)c1cc(-c2c(C(C)(C)C)cc(OC(=O)C(F)(F)F)c3cc(C(C)(C)C)ccc23)c2cc(C(C)(C)C)ccc2c1. The number of rotatable bonds is 2. The summed E-state index contributed by atoms with van der Waals surface area (Å²) in [4.78, 5) is 12.2. The van der Waals surface area contributed by atoms with E-state index in [4.69, 9.17) is 4.74 Å². The highest BCUT2D eigenvalue weighted by molar-refractivity contribution is 6.09. The normalized spacial score (nSPS) is 13.6. The molecule has 0 aliphatic heterocycles. The maximum atomic E-state index is 13.5. The minimum atomic E-state index is -5.12. The summed E-state index contributed by atoms with van der Waals surface area (Å²) in [5, 5.41) is 3.41. The number of esters is 1. The van der Waals surface area contributed by atoms with Crippen molar-refractivity contribution in [2.75, 3.05) is 0 Å². The van der Waals surface area contributed by atoms with Crippen molar-refractivity contribution in [2.45, 2.75) is 111 Å². The van der Waals surface area contributed by atoms with E-state index in [2.05, 4.69) is 71.9 Å². The van der Waals surface area contributed by atoms with Gasteiger partial charge in [0.05, 0.1) is 0 Å². The molecule has 0 spiro atoms. The monoisotopic (exact) mass is 590 g/mol. The number of halogens is 3. The van der Waals surface area contributed by atoms with Gasteiger partial charge in [0.25, 0.3) is 0 Å². The third-order valence-electron chi connectivity index (χ3n) is 8.16. The number of hydrogen-bond donors (Lipinski definition) is 0. The fourth-order valence-corrected chi connectivity index (χ4v) is 5.45. The van der Waals surface area contributed by atoms with Crippen LogP contribution in [0.5, 0.6) is 5.75 Å². The van der Waals surface area contributed by atoms with Crippen LogP contribution >= 0.6 is 0 Å². The van der Waals surface area contributed by atoms with Crippen LogP contribution in [0.25, 0.3) is 32.7 Å². The average molecular weight is 591 g/mol. The lowest BCUT2D eigenvalue weighted by Crippen LogP contribution is -2.28. The second kappa shape index (κ2) is 10.4. The number of benzene rings is 4. The molecule has 0 saturated heterocycles. The number of carbonyl (C=O) groups is 1. The van der Waals surface area contributed by atoms with Gasteiger partial charge in [-0.15, -0.1) is 0 Å². The predicted molar refractivity (Wildman–Crippen MR) is 173 cm³/mol. The summed E-state index contributed by atoms with van der Waals surface area (Å²) in [6, 6.07) is 18.6. The van der Waals surface area contributed by atoms with Gasteiger partial charge in [-0.2, -0.15) is 13.2 Å². The maximum Gasteiger partial charge on any atom is 0.491 e. The molecule has 4 aromatic carbocycles. The minimum Gasteiger partial charge on any atom is -0.419 e. The summed E-state index contributed by atoms with van der Waals surface area (Å²) in [6.07, 6.45) is -5.12. The molecule has 0 N–H and O–H groups in total. The molecule has 0 saturated carbocycles. The van der Waals surface area contributed by atoms with Gasteiger partial charge in [-0.25, -0.2) is 4.79 Å². The van der Waals surface area contributed by atoms with Crippen LogP contribution in [-0.2, 0) is 26.5 Å². The molecule has 4 rings (SSSR count). The molecule has 4 aromatic rings. The van der Waals surface area contributed by atoms with Crippen molar-refractivity contribution in [1.82, 2.24) is 0 Å². The van der Waals surface area contributed by atoms with Gasteiger partial charge in [0.15, 0.2) is 0 Å². The molecular formula is C38H45F3O2. The van der Waals surface area contributed by atoms with Crippen LogP contribution in [0.3, 0.4) is 0 Å². The molecule has 0 fully saturated rings. The highest BCUT2D eigenvalue weighted by Crippen LogP contribution is 2.47. The summed E-state index contributed by atoms with van der Waals surface area (Å²) in [5.41, 5.74) is 5.05. The molecule has 0 aromatic heterocycles. The second-order valence-corrected chi connectivity index (χ2v) is 15.9. The van der Waals surface area contributed by atoms with Crippen LogP contribution in [0.1, 0.15) is 105 Å². The second-order valence-electron chi connectivity index (χ2n) is 15.9. The van der Waals surface area contributed by atoms with E-state index in [1.807, 2.05) is 59.7 Å². The van der Waals surface area contributed by atoms with Gasteiger partial charge in [-0.3, -0.25) is 0 Å². The Morgan fingerprint density at radius 3 is 1.56 bits per heavy atom. The molecule has 5 heteroatoms. The van der Waals surface area contributed by atoms with E-state index < -0.39 is 17.6 Å². The van der Waals surface area contributed by atoms with Crippen molar-refractivity contribution in [3.63, 3.8) is 0 Å². The number of alkyl halides is 3. The lowest BCUT2D eigenvalue weighted by molar-refractivity contribution is -0.189. The molecule has 43 heavy (non-hydrogen) atoms. The van der Waals surface area contributed by atoms with Gasteiger partial charge in [-0.05, 0) is 89.4 Å². The van der Waals surface area contributed by atoms with Crippen LogP contribution in [0.4, 0.5) is 13.2 Å². The third-order valence-corrected chi connectivity index (χ3v) is 8.16. The first-order valence-electron chi connectivity index (χ1n) is 14.9. The molecule has 0 aliphatic rings. The zero-order valence-electron chi connectivity index (χ0n) is 27.6. The molecule has 0 atom stereocenters. The van der Waals surface area contributed by atoms with Crippen LogP contribution in [0.15, 0.2) is 54.6 Å². The van der Waals surface area contributed by atoms with Gasteiger partial charge in [-0.1, -0.05) is 119 Å². The number of ether oxygens (including phenoxy) is 1. The Balaban J connectivity index is 2.26. The Morgan fingerprint density at radius 2 is 1.07 bits per heavy atom. The highest BCUT2D eigenvalue weighted by atomic mass is 19.4. The van der Waals surface area contributed by atoms with Gasteiger partial charge < -0.3 is 4.74 Å². The topological polar surface area (TPSA) is 26.3 Å². The molecule has 0 amide bonds. The average Bonchev–Trinajstić information content (AvgIpc) is 2.84. The van der Waals surface area contributed by atoms with E-state index in [1.54, 1.807) is 6.07 Å². The first-order chi connectivity index (χ1) is 19.4. The lowest BCUT2D eigenvalue weighted by atomic mass is 9.75. The van der Waals surface area contributed by atoms with Crippen molar-refractivity contribution >= 4 is 27.5 Å². The number of carbonyl (C=O) groups excluding carboxylic acids is 1. The lowest BCUT2D eigenvalue weighted by Gasteiger charge is -2.29. The smallest absolute Gasteiger partial charge is 0.419 e. The molecule has 0 radical (unpaired) electrons. The van der Waals surface area contributed by atoms with Crippen molar-refractivity contribution in [3.8, 4) is 16.9 Å². The van der Waals surface area contributed by atoms with Gasteiger partial charge in [0.2, 0.25) is 0 Å². The summed E-state index contributed by atoms with van der Waals surface area (Å²) < 4.78 is 45.6. The van der Waals surface area contributed by atoms with Crippen molar-refractivity contribution in [2.24, 2.45) is 0 Å². The first kappa shape index (κ1) is 32.6. The predicted octanol–water partition coefficient (Wildman–Crippen LogP) is 11.3. The van der Waals surface area contributed by atoms with Gasteiger partial charge >= 0.3 is 12.1 Å². The van der Waals surface area contributed by atoms with Crippen molar-refractivity contribution in [1.29, 1.82) is 0 Å². The first-order valence-corrected chi connectivity index (χ1v) is 14.9. The maximum absolute atomic E-state index is 13.5. The third kappa shape index (κ3) is 6.61. The van der Waals surface area contributed by atoms with E-state index in [0.717, 1.165) is 44.0 Å². The molecule has 2 nitrogen and oxygen atoms in total. The highest BCUT2D eigenvalue weighted by Gasteiger charge is 2.42. The van der Waals surface area contributed by atoms with Gasteiger partial charge in [0.1, 0.15) is 5.75 Å². The van der Waals surface area contributed by atoms with E-state index in [-0.39, 0.29) is 22.0 Å². The molecule has 0 unspecified atom stereocenters. The van der Waals surface area contributed by atoms with Crippen molar-refractivity contribution in [3.05, 3.63) is 76.9 Å². The zero-order chi connectivity index (χ0) is 32.5. The van der Waals surface area contributed by atoms with E-state index in [1.165, 1.54) is 5.56 Å². The summed E-state index contributed by atoms with van der Waals surface area (Å²) in [7, 11) is 0. The Hall–Kier alpha value is -3.34. The summed E-state index contributed by atoms with van der Waals surface area (Å²) in [5.74, 6) is -2.30. The minimum absolute atomic E-state index is 0.0798. The van der Waals surface area contributed by atoms with Crippen LogP contribution in [-0.4, -0.2) is 12.1 Å². The summed E-state index contributed by atoms with van der Waals surface area (Å²) in [6.45, 7) is 25.4. The number of hydrogen-bond acceptors (Lipinski definition) is 2. The summed E-state index contributed by atoms with van der Waals surface area (Å²) >= 11 is 0. The molecular weight excluding hydrogens is 545 g/mol. The van der Waals surface area contributed by atoms with Crippen molar-refractivity contribution < 1.29 is 22.7 Å². The fourth-order valence-electron chi connectivity index (χ4n) is 5.45.